The molecule has 0 spiro atoms. The summed E-state index contributed by atoms with van der Waals surface area (Å²) in [5.41, 5.74) is 2.02. The van der Waals surface area contributed by atoms with Crippen molar-refractivity contribution in [3.63, 3.8) is 0 Å². The van der Waals surface area contributed by atoms with Crippen LogP contribution in [0.4, 0.5) is 10.5 Å². The van der Waals surface area contributed by atoms with Crippen molar-refractivity contribution in [2.24, 2.45) is 5.41 Å². The number of hydrogen-bond donors (Lipinski definition) is 0. The molecule has 0 aliphatic heterocycles. The van der Waals surface area contributed by atoms with Crippen LogP contribution in [0.25, 0.3) is 5.32 Å². The second-order valence-electron chi connectivity index (χ2n) is 8.09. The summed E-state index contributed by atoms with van der Waals surface area (Å²) < 4.78 is 5.48. The second kappa shape index (κ2) is 14.0. The molecule has 3 nitrogen and oxygen atoms in total. The average molecular weight is 464 g/mol. The first-order valence-electron chi connectivity index (χ1n) is 9.79. The molecule has 1 saturated carbocycles. The summed E-state index contributed by atoms with van der Waals surface area (Å²) in [6.45, 7) is 11.0. The topological polar surface area (TPSA) is 40.4 Å². The Labute approximate surface area is 206 Å². The Bertz CT molecular complexity index is 782. The molecule has 1 aliphatic rings. The van der Waals surface area contributed by atoms with Gasteiger partial charge in [0, 0.05) is 17.1 Å². The standard InChI is InChI=1S/C16H21NO2.C8H11Si.Cu.Li/c1-4-12-10-16(2,3)11-14(12)19-15(18)17-13-8-6-5-7-9-13;1-9(2)8-6-4-3-5-7-8;;/h4-9,14H,10-11H2,1-3H3,(H,17,18);3-7H,1-2H3;;/q;;;+1/p-1/b12-4+;;;. The van der Waals surface area contributed by atoms with Gasteiger partial charge in [-0.05, 0) is 30.8 Å². The van der Waals surface area contributed by atoms with Crippen LogP contribution in [0.2, 0.25) is 13.1 Å². The van der Waals surface area contributed by atoms with Crippen LogP contribution < -0.4 is 24.0 Å². The third-order valence-electron chi connectivity index (χ3n) is 4.78. The van der Waals surface area contributed by atoms with E-state index in [9.17, 15) is 4.79 Å². The van der Waals surface area contributed by atoms with Crippen molar-refractivity contribution in [3.8, 4) is 0 Å². The summed E-state index contributed by atoms with van der Waals surface area (Å²) in [5.74, 6) is 0. The summed E-state index contributed by atoms with van der Waals surface area (Å²) in [4.78, 5) is 11.8. The number of carbonyl (C=O) groups is 1. The molecular weight excluding hydrogens is 433 g/mol. The molecule has 2 aromatic rings. The van der Waals surface area contributed by atoms with Crippen LogP contribution in [0.15, 0.2) is 72.3 Å². The van der Waals surface area contributed by atoms with Crippen molar-refractivity contribution < 1.29 is 45.5 Å². The summed E-state index contributed by atoms with van der Waals surface area (Å²) in [7, 11) is -0.212. The van der Waals surface area contributed by atoms with Gasteiger partial charge in [0.2, 0.25) is 6.09 Å². The zero-order valence-corrected chi connectivity index (χ0v) is 20.8. The number of carbonyl (C=O) groups excluding carboxylic acids is 1. The van der Waals surface area contributed by atoms with Crippen LogP contribution in [0.5, 0.6) is 0 Å². The van der Waals surface area contributed by atoms with Gasteiger partial charge in [-0.25, -0.2) is 0 Å². The van der Waals surface area contributed by atoms with Gasteiger partial charge in [-0.1, -0.05) is 98.9 Å². The Balaban J connectivity index is 0.000000652. The fraction of sp³-hybridized carbons (Fsp3) is 0.375. The van der Waals surface area contributed by atoms with Crippen LogP contribution in [-0.2, 0) is 21.8 Å². The number of ether oxygens (including phenoxy) is 1. The number of benzene rings is 2. The zero-order valence-electron chi connectivity index (χ0n) is 18.9. The van der Waals surface area contributed by atoms with Crippen LogP contribution >= 0.6 is 0 Å². The van der Waals surface area contributed by atoms with Gasteiger partial charge in [0.25, 0.3) is 0 Å². The summed E-state index contributed by atoms with van der Waals surface area (Å²) in [6.07, 6.45) is 3.26. The van der Waals surface area contributed by atoms with E-state index in [1.807, 2.05) is 25.1 Å². The third kappa shape index (κ3) is 9.73. The number of hydrogen-bond acceptors (Lipinski definition) is 2. The zero-order chi connectivity index (χ0) is 20.6. The Hall–Kier alpha value is -1.22. The number of amides is 1. The minimum absolute atomic E-state index is 0. The van der Waals surface area contributed by atoms with Gasteiger partial charge in [-0.2, -0.15) is 0 Å². The summed E-state index contributed by atoms with van der Waals surface area (Å²) >= 11 is 0. The number of allylic oxidation sites excluding steroid dienone is 1. The van der Waals surface area contributed by atoms with Gasteiger partial charge < -0.3 is 10.1 Å². The fourth-order valence-electron chi connectivity index (χ4n) is 3.30. The van der Waals surface area contributed by atoms with E-state index in [1.54, 1.807) is 12.1 Å². The van der Waals surface area contributed by atoms with Crippen LogP contribution in [-0.4, -0.2) is 21.0 Å². The first kappa shape index (κ1) is 28.8. The second-order valence-corrected chi connectivity index (χ2v) is 10.7. The monoisotopic (exact) mass is 463 g/mol. The molecule has 160 valence electrons. The van der Waals surface area contributed by atoms with Crippen LogP contribution in [0.3, 0.4) is 0 Å². The minimum atomic E-state index is -0.506. The van der Waals surface area contributed by atoms with E-state index in [2.05, 4.69) is 68.7 Å². The van der Waals surface area contributed by atoms with E-state index in [-0.39, 0.29) is 56.2 Å². The molecule has 0 heterocycles. The molecule has 0 N–H and O–H groups in total. The predicted octanol–water partition coefficient (Wildman–Crippen LogP) is 3.61. The van der Waals surface area contributed by atoms with Gasteiger partial charge >= 0.3 is 18.9 Å². The largest absolute Gasteiger partial charge is 1.00 e. The van der Waals surface area contributed by atoms with Crippen molar-refractivity contribution in [3.05, 3.63) is 77.6 Å². The molecule has 0 bridgehead atoms. The van der Waals surface area contributed by atoms with Gasteiger partial charge in [-0.15, -0.1) is 5.69 Å². The predicted molar refractivity (Wildman–Crippen MR) is 120 cm³/mol. The summed E-state index contributed by atoms with van der Waals surface area (Å²) in [5, 5.41) is 5.47. The molecule has 1 aliphatic carbocycles. The maximum atomic E-state index is 11.8. The first-order valence-corrected chi connectivity index (χ1v) is 12.3. The molecule has 1 fully saturated rings. The van der Waals surface area contributed by atoms with Crippen molar-refractivity contribution in [2.75, 3.05) is 0 Å². The number of rotatable bonds is 3. The van der Waals surface area contributed by atoms with Crippen molar-refractivity contribution >= 4 is 25.8 Å². The number of nitrogens with zero attached hydrogens (tertiary/aromatic N) is 1. The van der Waals surface area contributed by atoms with Crippen molar-refractivity contribution in [1.29, 1.82) is 0 Å². The molecule has 1 unspecified atom stereocenters. The molecule has 2 radical (unpaired) electrons. The Morgan fingerprint density at radius 2 is 1.60 bits per heavy atom. The van der Waals surface area contributed by atoms with Crippen molar-refractivity contribution in [2.45, 2.75) is 52.8 Å². The first-order chi connectivity index (χ1) is 13.3. The minimum Gasteiger partial charge on any atom is -0.591 e. The molecular formula is C24H31CuLiNO2Si. The van der Waals surface area contributed by atoms with E-state index in [0.29, 0.717) is 5.69 Å². The molecule has 1 amide bonds. The summed E-state index contributed by atoms with van der Waals surface area (Å²) in [6, 6.07) is 19.8. The van der Waals surface area contributed by atoms with E-state index < -0.39 is 6.09 Å². The van der Waals surface area contributed by atoms with E-state index in [1.165, 1.54) is 10.8 Å². The van der Waals surface area contributed by atoms with E-state index in [0.717, 1.165) is 12.8 Å². The molecule has 3 rings (SSSR count). The Kier molecular flexibility index (Phi) is 13.4. The SMILES string of the molecule is C/C=C1\CC(C)(C)CC1OC(=O)[N-]c1ccccc1.C[Si](C)c1ccccc1.[Cu].[Li+]. The van der Waals surface area contributed by atoms with E-state index in [4.69, 9.17) is 4.74 Å². The van der Waals surface area contributed by atoms with Gasteiger partial charge in [0.05, 0.1) is 8.80 Å². The third-order valence-corrected chi connectivity index (χ3v) is 6.26. The molecule has 2 aromatic carbocycles. The Morgan fingerprint density at radius 3 is 2.07 bits per heavy atom. The normalized spacial score (nSPS) is 17.8. The molecule has 0 saturated heterocycles. The smallest absolute Gasteiger partial charge is 0.591 e. The Morgan fingerprint density at radius 1 is 1.07 bits per heavy atom. The maximum Gasteiger partial charge on any atom is 1.00 e. The quantitative estimate of drug-likeness (QED) is 0.515. The van der Waals surface area contributed by atoms with Crippen LogP contribution in [0, 0.1) is 5.41 Å². The fourth-order valence-corrected chi connectivity index (χ4v) is 4.16. The van der Waals surface area contributed by atoms with Crippen LogP contribution in [0.1, 0.15) is 33.6 Å². The average Bonchev–Trinajstić information content (AvgIpc) is 2.97. The maximum absolute atomic E-state index is 11.8. The van der Waals surface area contributed by atoms with E-state index >= 15 is 0 Å². The molecule has 0 aromatic heterocycles. The van der Waals surface area contributed by atoms with Gasteiger partial charge in [0.15, 0.2) is 0 Å². The number of para-hydroxylation sites is 1. The van der Waals surface area contributed by atoms with Crippen molar-refractivity contribution in [1.82, 2.24) is 0 Å². The molecule has 30 heavy (non-hydrogen) atoms. The molecule has 1 atom stereocenters. The molecule has 6 heteroatoms. The van der Waals surface area contributed by atoms with Gasteiger partial charge in [0.1, 0.15) is 6.10 Å². The van der Waals surface area contributed by atoms with Gasteiger partial charge in [-0.3, -0.25) is 4.79 Å².